The number of rotatable bonds is 4. The van der Waals surface area contributed by atoms with E-state index >= 15 is 0 Å². The summed E-state index contributed by atoms with van der Waals surface area (Å²) in [4.78, 5) is 0. The molecule has 0 aliphatic rings. The first kappa shape index (κ1) is 8.82. The fraction of sp³-hybridized carbons (Fsp3) is 0.667. The average Bonchev–Trinajstić information content (AvgIpc) is 1.81. The van der Waals surface area contributed by atoms with Crippen LogP contribution in [0.2, 0.25) is 0 Å². The molecule has 0 aliphatic carbocycles. The Hall–Kier alpha value is 0.820. The van der Waals surface area contributed by atoms with E-state index in [9.17, 15) is 0 Å². The minimum absolute atomic E-state index is 1.13. The van der Waals surface area contributed by atoms with Gasteiger partial charge in [0.2, 0.25) is 0 Å². The number of alkyl halides is 1. The van der Waals surface area contributed by atoms with Crippen LogP contribution in [0.15, 0.2) is 11.5 Å². The summed E-state index contributed by atoms with van der Waals surface area (Å²) in [5.41, 5.74) is 0. The lowest BCUT2D eigenvalue weighted by Crippen LogP contribution is -1.66. The predicted molar refractivity (Wildman–Crippen MR) is 50.8 cm³/mol. The van der Waals surface area contributed by atoms with E-state index in [1.54, 1.807) is 0 Å². The molecule has 0 saturated carbocycles. The van der Waals surface area contributed by atoms with Crippen molar-refractivity contribution in [1.82, 2.24) is 0 Å². The van der Waals surface area contributed by atoms with Gasteiger partial charge in [-0.3, -0.25) is 0 Å². The molecule has 0 aromatic rings. The topological polar surface area (TPSA) is 0 Å². The molecule has 0 N–H and O–H groups in total. The lowest BCUT2D eigenvalue weighted by molar-refractivity contribution is 1.11. The van der Waals surface area contributed by atoms with Crippen molar-refractivity contribution in [2.75, 3.05) is 10.2 Å². The Kier molecular flexibility index (Phi) is 8.62. The molecule has 0 nitrogen and oxygen atoms in total. The van der Waals surface area contributed by atoms with Crippen molar-refractivity contribution in [3.8, 4) is 0 Å². The molecule has 8 heavy (non-hydrogen) atoms. The summed E-state index contributed by atoms with van der Waals surface area (Å²) < 4.78 is 1.13. The van der Waals surface area contributed by atoms with E-state index in [-0.39, 0.29) is 0 Å². The van der Waals surface area contributed by atoms with Gasteiger partial charge in [0, 0.05) is 4.43 Å². The standard InChI is InChI=1S/C6H11IS/c1-2-5-8-6-3-4-7/h3,6H,2,4-5H2,1H3/b6-3-. The molecule has 48 valence electrons. The first-order chi connectivity index (χ1) is 3.91. The van der Waals surface area contributed by atoms with Gasteiger partial charge in [-0.15, -0.1) is 11.8 Å². The Bertz CT molecular complexity index is 61.5. The molecule has 2 heteroatoms. The molecule has 0 fully saturated rings. The van der Waals surface area contributed by atoms with E-state index in [1.165, 1.54) is 12.2 Å². The zero-order chi connectivity index (χ0) is 6.24. The highest BCUT2D eigenvalue weighted by atomic mass is 127. The quantitative estimate of drug-likeness (QED) is 0.414. The third-order valence-corrected chi connectivity index (χ3v) is 2.14. The second-order valence-corrected chi connectivity index (χ2v) is 3.29. The lowest BCUT2D eigenvalue weighted by Gasteiger charge is -1.85. The van der Waals surface area contributed by atoms with Gasteiger partial charge in [-0.1, -0.05) is 35.6 Å². The van der Waals surface area contributed by atoms with E-state index in [2.05, 4.69) is 41.0 Å². The van der Waals surface area contributed by atoms with Gasteiger partial charge in [-0.05, 0) is 17.6 Å². The molecule has 0 saturated heterocycles. The van der Waals surface area contributed by atoms with Gasteiger partial charge in [0.1, 0.15) is 0 Å². The van der Waals surface area contributed by atoms with Gasteiger partial charge in [0.25, 0.3) is 0 Å². The van der Waals surface area contributed by atoms with Crippen molar-refractivity contribution in [3.63, 3.8) is 0 Å². The molecule has 0 radical (unpaired) electrons. The van der Waals surface area contributed by atoms with Crippen molar-refractivity contribution in [2.24, 2.45) is 0 Å². The van der Waals surface area contributed by atoms with Gasteiger partial charge < -0.3 is 0 Å². The lowest BCUT2D eigenvalue weighted by atomic mass is 10.6. The van der Waals surface area contributed by atoms with E-state index in [1.807, 2.05) is 11.8 Å². The van der Waals surface area contributed by atoms with E-state index in [4.69, 9.17) is 0 Å². The zero-order valence-electron chi connectivity index (χ0n) is 5.06. The molecule has 0 amide bonds. The first-order valence-electron chi connectivity index (χ1n) is 2.74. The van der Waals surface area contributed by atoms with Crippen LogP contribution in [0, 0.1) is 0 Å². The monoisotopic (exact) mass is 242 g/mol. The zero-order valence-corrected chi connectivity index (χ0v) is 8.04. The maximum atomic E-state index is 2.34. The second kappa shape index (κ2) is 7.82. The third kappa shape index (κ3) is 6.82. The fourth-order valence-corrected chi connectivity index (χ4v) is 1.49. The highest BCUT2D eigenvalue weighted by Crippen LogP contribution is 2.03. The molecule has 0 rings (SSSR count). The van der Waals surface area contributed by atoms with Crippen molar-refractivity contribution < 1.29 is 0 Å². The van der Waals surface area contributed by atoms with E-state index in [0.717, 1.165) is 4.43 Å². The average molecular weight is 242 g/mol. The fourth-order valence-electron chi connectivity index (χ4n) is 0.290. The third-order valence-electron chi connectivity index (χ3n) is 0.604. The summed E-state index contributed by atoms with van der Waals surface area (Å²) in [6.07, 6.45) is 3.46. The second-order valence-electron chi connectivity index (χ2n) is 1.40. The molecule has 0 atom stereocenters. The van der Waals surface area contributed by atoms with Crippen LogP contribution in [-0.4, -0.2) is 10.2 Å². The molecule has 0 bridgehead atoms. The number of hydrogen-bond donors (Lipinski definition) is 0. The summed E-state index contributed by atoms with van der Waals surface area (Å²) in [5, 5.41) is 2.18. The Balaban J connectivity index is 2.80. The Morgan fingerprint density at radius 3 is 2.88 bits per heavy atom. The molecular formula is C6H11IS. The summed E-state index contributed by atoms with van der Waals surface area (Å²) in [6.45, 7) is 2.20. The number of thioether (sulfide) groups is 1. The van der Waals surface area contributed by atoms with Gasteiger partial charge >= 0.3 is 0 Å². The van der Waals surface area contributed by atoms with Crippen molar-refractivity contribution in [1.29, 1.82) is 0 Å². The molecular weight excluding hydrogens is 231 g/mol. The Labute approximate surface area is 69.3 Å². The molecule has 0 aliphatic heterocycles. The molecule has 0 spiro atoms. The van der Waals surface area contributed by atoms with Crippen molar-refractivity contribution in [2.45, 2.75) is 13.3 Å². The Morgan fingerprint density at radius 2 is 2.38 bits per heavy atom. The largest absolute Gasteiger partial charge is 0.134 e. The molecule has 0 unspecified atom stereocenters. The number of allylic oxidation sites excluding steroid dienone is 1. The van der Waals surface area contributed by atoms with Crippen LogP contribution in [0.3, 0.4) is 0 Å². The minimum atomic E-state index is 1.13. The molecule has 0 aromatic carbocycles. The summed E-state index contributed by atoms with van der Waals surface area (Å²) in [7, 11) is 0. The van der Waals surface area contributed by atoms with E-state index < -0.39 is 0 Å². The maximum Gasteiger partial charge on any atom is 0.0183 e. The predicted octanol–water partition coefficient (Wildman–Crippen LogP) is 3.08. The van der Waals surface area contributed by atoms with Crippen LogP contribution in [0.1, 0.15) is 13.3 Å². The number of halogens is 1. The van der Waals surface area contributed by atoms with Crippen LogP contribution >= 0.6 is 34.4 Å². The van der Waals surface area contributed by atoms with Crippen LogP contribution in [0.4, 0.5) is 0 Å². The SMILES string of the molecule is CCCS/C=C\CI. The van der Waals surface area contributed by atoms with Crippen LogP contribution in [-0.2, 0) is 0 Å². The summed E-state index contributed by atoms with van der Waals surface area (Å²) in [5.74, 6) is 1.26. The minimum Gasteiger partial charge on any atom is -0.134 e. The van der Waals surface area contributed by atoms with Gasteiger partial charge in [0.15, 0.2) is 0 Å². The van der Waals surface area contributed by atoms with Crippen LogP contribution in [0.5, 0.6) is 0 Å². The highest BCUT2D eigenvalue weighted by Gasteiger charge is 1.74. The van der Waals surface area contributed by atoms with Crippen LogP contribution in [0.25, 0.3) is 0 Å². The van der Waals surface area contributed by atoms with Gasteiger partial charge in [0.05, 0.1) is 0 Å². The molecule has 0 aromatic heterocycles. The summed E-state index contributed by atoms with van der Waals surface area (Å²) >= 11 is 4.23. The van der Waals surface area contributed by atoms with Crippen molar-refractivity contribution in [3.05, 3.63) is 11.5 Å². The first-order valence-corrected chi connectivity index (χ1v) is 5.31. The summed E-state index contributed by atoms with van der Waals surface area (Å²) in [6, 6.07) is 0. The van der Waals surface area contributed by atoms with Crippen LogP contribution < -0.4 is 0 Å². The normalized spacial score (nSPS) is 10.8. The Morgan fingerprint density at radius 1 is 1.62 bits per heavy atom. The number of hydrogen-bond acceptors (Lipinski definition) is 1. The van der Waals surface area contributed by atoms with Gasteiger partial charge in [-0.25, -0.2) is 0 Å². The smallest absolute Gasteiger partial charge is 0.0183 e. The highest BCUT2D eigenvalue weighted by molar-refractivity contribution is 14.1. The molecule has 0 heterocycles. The van der Waals surface area contributed by atoms with E-state index in [0.29, 0.717) is 0 Å². The van der Waals surface area contributed by atoms with Gasteiger partial charge in [-0.2, -0.15) is 0 Å². The van der Waals surface area contributed by atoms with Crippen molar-refractivity contribution >= 4 is 34.4 Å². The maximum absolute atomic E-state index is 2.34.